The van der Waals surface area contributed by atoms with E-state index < -0.39 is 11.1 Å². The third-order valence-corrected chi connectivity index (χ3v) is 13.1. The van der Waals surface area contributed by atoms with E-state index in [9.17, 15) is 4.79 Å². The Morgan fingerprint density at radius 1 is 0.732 bits per heavy atom. The van der Waals surface area contributed by atoms with Gasteiger partial charge in [-0.15, -0.1) is 22.6 Å². The minimum atomic E-state index is -0.541. The lowest BCUT2D eigenvalue weighted by Gasteiger charge is -2.43. The van der Waals surface area contributed by atoms with E-state index in [-0.39, 0.29) is 24.0 Å². The number of nitrogens with two attached hydrogens (primary N) is 3. The zero-order valence-corrected chi connectivity index (χ0v) is 42.0. The van der Waals surface area contributed by atoms with Crippen LogP contribution in [-0.2, 0) is 15.8 Å². The Bertz CT molecular complexity index is 3370. The molecule has 11 rings (SSSR count). The van der Waals surface area contributed by atoms with Crippen LogP contribution in [0.2, 0.25) is 0 Å². The first-order chi connectivity index (χ1) is 33.8. The fourth-order valence-electron chi connectivity index (χ4n) is 9.19. The van der Waals surface area contributed by atoms with Crippen LogP contribution in [0.5, 0.6) is 0 Å². The molecule has 0 spiro atoms. The van der Waals surface area contributed by atoms with Crippen LogP contribution < -0.4 is 28.1 Å². The summed E-state index contributed by atoms with van der Waals surface area (Å²) in [5.41, 5.74) is 26.5. The zero-order valence-electron chi connectivity index (χ0n) is 39.6. The van der Waals surface area contributed by atoms with Crippen molar-refractivity contribution in [3.05, 3.63) is 157 Å². The first-order valence-electron chi connectivity index (χ1n) is 23.1. The van der Waals surface area contributed by atoms with Crippen LogP contribution in [0.1, 0.15) is 70.4 Å². The number of carbonyl (C=O) groups is 1. The van der Waals surface area contributed by atoms with Crippen LogP contribution in [0.25, 0.3) is 72.2 Å². The minimum Gasteiger partial charge on any atom is -0.444 e. The Morgan fingerprint density at radius 3 is 1.75 bits per heavy atom. The standard InChI is InChI=1S/C29H31N5O2.C25H22N6.CBrN.ClH/c1-28(2,3)36-27(35)33-29(15-7-16-29)22-12-10-20(11-13-22)24-23(19-8-5-4-6-9-19)18-21-14-17-31-26(34-30)25(21)32-24;26-24-30-29-23-22-18(11-14-31(23)24)15-20(16-5-2-1-3-6-16)21(28-22)17-7-9-19(10-8-17)25(27)12-4-13-25;2-1-3;/h4-6,8-14,17-18H,7,15-16,30H2,1-3H3,(H,31,34)(H,33,35);1-3,5-11,14-15H,4,12-13,27H2,(H2,26,30);;1H. The van der Waals surface area contributed by atoms with Crippen molar-refractivity contribution in [3.8, 4) is 49.7 Å². The molecule has 0 saturated heterocycles. The molecule has 0 radical (unpaired) electrons. The number of anilines is 2. The predicted molar refractivity (Wildman–Crippen MR) is 288 cm³/mol. The van der Waals surface area contributed by atoms with Crippen molar-refractivity contribution in [3.63, 3.8) is 0 Å². The second kappa shape index (κ2) is 20.9. The number of amides is 1. The number of pyridine rings is 4. The first-order valence-corrected chi connectivity index (χ1v) is 23.9. The average molecular weight is 1030 g/mol. The van der Waals surface area contributed by atoms with E-state index in [0.29, 0.717) is 22.9 Å². The molecule has 2 saturated carbocycles. The molecule has 5 heterocycles. The summed E-state index contributed by atoms with van der Waals surface area (Å²) < 4.78 is 7.29. The molecular weight excluding hydrogens is 976 g/mol. The third-order valence-electron chi connectivity index (χ3n) is 13.1. The number of hydrazine groups is 1. The highest BCUT2D eigenvalue weighted by molar-refractivity contribution is 9.12. The van der Waals surface area contributed by atoms with Gasteiger partial charge in [0.2, 0.25) is 5.95 Å². The molecule has 360 valence electrons. The number of alkyl carbamates (subject to hydrolysis) is 1. The number of hydrogen-bond acceptors (Lipinski definition) is 12. The molecular formula is C55H54BrClN12O2. The number of benzene rings is 4. The highest BCUT2D eigenvalue weighted by Crippen LogP contribution is 2.44. The number of nitrogens with one attached hydrogen (secondary N) is 2. The Hall–Kier alpha value is -7.48. The van der Waals surface area contributed by atoms with Crippen molar-refractivity contribution in [1.82, 2.24) is 34.9 Å². The number of carbonyl (C=O) groups excluding carboxylic acids is 1. The molecule has 8 N–H and O–H groups in total. The topological polar surface area (TPSA) is 221 Å². The average Bonchev–Trinajstić information content (AvgIpc) is 3.74. The molecule has 4 aromatic carbocycles. The minimum absolute atomic E-state index is 0. The van der Waals surface area contributed by atoms with Gasteiger partial charge >= 0.3 is 6.09 Å². The molecule has 9 aromatic rings. The molecule has 0 bridgehead atoms. The summed E-state index contributed by atoms with van der Waals surface area (Å²) in [6.45, 7) is 5.62. The maximum absolute atomic E-state index is 12.5. The number of halogens is 2. The Balaban J connectivity index is 0.000000180. The lowest BCUT2D eigenvalue weighted by atomic mass is 9.71. The summed E-state index contributed by atoms with van der Waals surface area (Å²) >= 11 is 2.45. The second-order valence-corrected chi connectivity index (χ2v) is 19.0. The Morgan fingerprint density at radius 2 is 1.25 bits per heavy atom. The van der Waals surface area contributed by atoms with E-state index >= 15 is 0 Å². The van der Waals surface area contributed by atoms with E-state index in [0.717, 1.165) is 98.7 Å². The van der Waals surface area contributed by atoms with Gasteiger partial charge < -0.3 is 26.9 Å². The fourth-order valence-corrected chi connectivity index (χ4v) is 9.19. The van der Waals surface area contributed by atoms with Crippen LogP contribution in [0.4, 0.5) is 16.6 Å². The van der Waals surface area contributed by atoms with Gasteiger partial charge in [0.1, 0.15) is 21.6 Å². The molecule has 0 unspecified atom stereocenters. The third kappa shape index (κ3) is 10.4. The van der Waals surface area contributed by atoms with Crippen molar-refractivity contribution in [2.24, 2.45) is 11.6 Å². The van der Waals surface area contributed by atoms with Crippen molar-refractivity contribution < 1.29 is 9.53 Å². The monoisotopic (exact) mass is 1030 g/mol. The fraction of sp³-hybridized carbons (Fsp3) is 0.218. The summed E-state index contributed by atoms with van der Waals surface area (Å²) in [5, 5.41) is 20.6. The van der Waals surface area contributed by atoms with Crippen molar-refractivity contribution in [2.45, 2.75) is 76.0 Å². The summed E-state index contributed by atoms with van der Waals surface area (Å²) in [6.07, 6.45) is 9.32. The van der Waals surface area contributed by atoms with E-state index in [1.165, 1.54) is 12.0 Å². The molecule has 0 atom stereocenters. The molecule has 2 fully saturated rings. The van der Waals surface area contributed by atoms with Gasteiger partial charge in [0.25, 0.3) is 0 Å². The normalized spacial score (nSPS) is 14.2. The smallest absolute Gasteiger partial charge is 0.408 e. The number of aromatic nitrogens is 6. The predicted octanol–water partition coefficient (Wildman–Crippen LogP) is 12.0. The SMILES string of the molecule is CC(C)(C)OC(=O)NC1(c2ccc(-c3nc4c(NN)nccc4cc3-c3ccccc3)cc2)CCC1.Cl.N#CBr.Nc1nnc2c3nc(-c4ccc(C5(N)CCC5)cc4)c(-c4ccccc4)cc3ccn12. The largest absolute Gasteiger partial charge is 0.444 e. The van der Waals surface area contributed by atoms with Crippen LogP contribution in [-0.4, -0.2) is 41.2 Å². The number of ether oxygens (including phenoxy) is 1. The second-order valence-electron chi connectivity index (χ2n) is 18.7. The Kier molecular flexibility index (Phi) is 14.7. The van der Waals surface area contributed by atoms with Crippen LogP contribution in [0.15, 0.2) is 146 Å². The first kappa shape index (κ1) is 49.9. The molecule has 0 aliphatic heterocycles. The molecule has 2 aliphatic carbocycles. The van der Waals surface area contributed by atoms with Crippen molar-refractivity contribution in [2.75, 3.05) is 11.2 Å². The summed E-state index contributed by atoms with van der Waals surface area (Å²) in [4.78, 5) is 28.5. The van der Waals surface area contributed by atoms with E-state index in [4.69, 9.17) is 37.3 Å². The van der Waals surface area contributed by atoms with Gasteiger partial charge in [0, 0.05) is 66.9 Å². The number of nitrogens with zero attached hydrogens (tertiary/aromatic N) is 7. The molecule has 1 amide bonds. The van der Waals surface area contributed by atoms with Crippen LogP contribution >= 0.6 is 28.3 Å². The molecule has 2 aliphatic rings. The maximum atomic E-state index is 12.5. The molecule has 5 aromatic heterocycles. The van der Waals surface area contributed by atoms with Gasteiger partial charge in [0.15, 0.2) is 11.5 Å². The van der Waals surface area contributed by atoms with E-state index in [2.05, 4.69) is 127 Å². The number of hydrogen-bond donors (Lipinski definition) is 5. The summed E-state index contributed by atoms with van der Waals surface area (Å²) in [6, 6.07) is 45.6. The van der Waals surface area contributed by atoms with Gasteiger partial charge in [-0.3, -0.25) is 4.40 Å². The lowest BCUT2D eigenvalue weighted by molar-refractivity contribution is 0.0377. The summed E-state index contributed by atoms with van der Waals surface area (Å²) in [5.74, 6) is 6.60. The van der Waals surface area contributed by atoms with Crippen molar-refractivity contribution >= 4 is 73.6 Å². The highest BCUT2D eigenvalue weighted by atomic mass is 79.9. The van der Waals surface area contributed by atoms with Gasteiger partial charge in [0.05, 0.1) is 16.9 Å². The molecule has 16 heteroatoms. The van der Waals surface area contributed by atoms with Gasteiger partial charge in [-0.1, -0.05) is 109 Å². The van der Waals surface area contributed by atoms with Crippen LogP contribution in [0.3, 0.4) is 0 Å². The van der Waals surface area contributed by atoms with E-state index in [1.807, 2.05) is 75.5 Å². The van der Waals surface area contributed by atoms with Gasteiger partial charge in [-0.05, 0) is 106 Å². The van der Waals surface area contributed by atoms with E-state index in [1.54, 1.807) is 15.6 Å². The van der Waals surface area contributed by atoms with Gasteiger partial charge in [-0.25, -0.2) is 25.6 Å². The number of rotatable bonds is 8. The zero-order chi connectivity index (χ0) is 49.0. The molecule has 14 nitrogen and oxygen atoms in total. The lowest BCUT2D eigenvalue weighted by Crippen LogP contribution is -2.52. The van der Waals surface area contributed by atoms with Crippen molar-refractivity contribution in [1.29, 1.82) is 5.26 Å². The number of nitrogen functional groups attached to an aromatic ring is 2. The Labute approximate surface area is 426 Å². The number of fused-ring (bicyclic) bond motifs is 4. The molecule has 71 heavy (non-hydrogen) atoms. The van der Waals surface area contributed by atoms with Gasteiger partial charge in [-0.2, -0.15) is 5.26 Å². The summed E-state index contributed by atoms with van der Waals surface area (Å²) in [7, 11) is 0. The quantitative estimate of drug-likeness (QED) is 0.0709. The number of nitriles is 1. The maximum Gasteiger partial charge on any atom is 0.408 e. The highest BCUT2D eigenvalue weighted by Gasteiger charge is 2.41. The van der Waals surface area contributed by atoms with Crippen LogP contribution in [0, 0.1) is 10.2 Å².